The Morgan fingerprint density at radius 1 is 1.21 bits per heavy atom. The lowest BCUT2D eigenvalue weighted by Gasteiger charge is -2.47. The van der Waals surface area contributed by atoms with Crippen LogP contribution in [0.4, 0.5) is 9.18 Å². The number of nitrogens with zero attached hydrogens (tertiary/aromatic N) is 2. The molecule has 34 heavy (non-hydrogen) atoms. The van der Waals surface area contributed by atoms with Gasteiger partial charge in [0.15, 0.2) is 0 Å². The summed E-state index contributed by atoms with van der Waals surface area (Å²) in [4.78, 5) is 16.5. The summed E-state index contributed by atoms with van der Waals surface area (Å²) >= 11 is 0. The Hall–Kier alpha value is -1.90. The standard InChI is InChI=1S/C26H39FN2O5/c1-24(2,3)34-23(30)29-15-26(16-29)13-20(14-33-26)28-10-8-18(9-11-28)21-12-19(27)6-7-22(21)32-17-25(4,5)31/h6-7,12,18,20,31H,8-11,13-17H2,1-5H3/t20-/m0/s1. The Kier molecular flexibility index (Phi) is 6.88. The maximum absolute atomic E-state index is 14.0. The van der Waals surface area contributed by atoms with E-state index >= 15 is 0 Å². The van der Waals surface area contributed by atoms with Crippen LogP contribution in [0, 0.1) is 5.82 Å². The molecule has 7 nitrogen and oxygen atoms in total. The van der Waals surface area contributed by atoms with Crippen LogP contribution in [-0.4, -0.2) is 83.2 Å². The molecular formula is C26H39FN2O5. The van der Waals surface area contributed by atoms with Gasteiger partial charge in [-0.25, -0.2) is 9.18 Å². The second kappa shape index (κ2) is 9.28. The van der Waals surface area contributed by atoms with Gasteiger partial charge in [-0.3, -0.25) is 4.90 Å². The number of hydrogen-bond acceptors (Lipinski definition) is 6. The summed E-state index contributed by atoms with van der Waals surface area (Å²) in [5, 5.41) is 10.0. The Labute approximate surface area is 202 Å². The highest BCUT2D eigenvalue weighted by Gasteiger charge is 2.53. The SMILES string of the molecule is CC(C)(O)COc1ccc(F)cc1C1CCN([C@@H]2COC3(C2)CN(C(=O)OC(C)(C)C)C3)CC1. The molecule has 1 amide bonds. The maximum Gasteiger partial charge on any atom is 0.410 e. The predicted octanol–water partition coefficient (Wildman–Crippen LogP) is 3.93. The van der Waals surface area contributed by atoms with Crippen molar-refractivity contribution < 1.29 is 28.5 Å². The number of rotatable bonds is 5. The van der Waals surface area contributed by atoms with Gasteiger partial charge in [0, 0.05) is 11.6 Å². The quantitative estimate of drug-likeness (QED) is 0.692. The third-order valence-corrected chi connectivity index (χ3v) is 6.84. The van der Waals surface area contributed by atoms with E-state index in [1.165, 1.54) is 6.07 Å². The molecule has 3 heterocycles. The average Bonchev–Trinajstić information content (AvgIpc) is 3.16. The molecule has 3 saturated heterocycles. The molecular weight excluding hydrogens is 439 g/mol. The summed E-state index contributed by atoms with van der Waals surface area (Å²) < 4.78 is 31.5. The van der Waals surface area contributed by atoms with Gasteiger partial charge in [-0.2, -0.15) is 0 Å². The molecule has 0 bridgehead atoms. The Morgan fingerprint density at radius 3 is 2.50 bits per heavy atom. The van der Waals surface area contributed by atoms with E-state index in [4.69, 9.17) is 14.2 Å². The smallest absolute Gasteiger partial charge is 0.410 e. The summed E-state index contributed by atoms with van der Waals surface area (Å²) in [5.74, 6) is 0.604. The van der Waals surface area contributed by atoms with E-state index in [0.29, 0.717) is 31.5 Å². The zero-order chi connectivity index (χ0) is 24.7. The van der Waals surface area contributed by atoms with Crippen molar-refractivity contribution in [2.75, 3.05) is 39.4 Å². The summed E-state index contributed by atoms with van der Waals surface area (Å²) in [6.07, 6.45) is 2.46. The van der Waals surface area contributed by atoms with Gasteiger partial charge in [0.25, 0.3) is 0 Å². The van der Waals surface area contributed by atoms with Crippen LogP contribution in [0.15, 0.2) is 18.2 Å². The summed E-state index contributed by atoms with van der Waals surface area (Å²) in [6, 6.07) is 4.99. The van der Waals surface area contributed by atoms with Crippen LogP contribution in [0.1, 0.15) is 65.4 Å². The summed E-state index contributed by atoms with van der Waals surface area (Å²) in [5.41, 5.74) is -0.813. The van der Waals surface area contributed by atoms with Crippen molar-refractivity contribution in [3.8, 4) is 5.75 Å². The number of benzene rings is 1. The minimum absolute atomic E-state index is 0.159. The second-order valence-corrected chi connectivity index (χ2v) is 11.8. The molecule has 1 aromatic rings. The second-order valence-electron chi connectivity index (χ2n) is 11.8. The Morgan fingerprint density at radius 2 is 1.88 bits per heavy atom. The molecule has 0 aromatic heterocycles. The van der Waals surface area contributed by atoms with Gasteiger partial charge in [0.1, 0.15) is 29.4 Å². The van der Waals surface area contributed by atoms with Crippen LogP contribution < -0.4 is 4.74 Å². The Bertz CT molecular complexity index is 880. The number of ether oxygens (including phenoxy) is 3. The lowest BCUT2D eigenvalue weighted by molar-refractivity contribution is -0.109. The van der Waals surface area contributed by atoms with Gasteiger partial charge in [-0.05, 0) is 91.1 Å². The number of halogens is 1. The number of carbonyl (C=O) groups is 1. The highest BCUT2D eigenvalue weighted by molar-refractivity contribution is 5.69. The van der Waals surface area contributed by atoms with E-state index in [-0.39, 0.29) is 30.0 Å². The first-order chi connectivity index (χ1) is 15.8. The summed E-state index contributed by atoms with van der Waals surface area (Å²) in [6.45, 7) is 12.8. The lowest BCUT2D eigenvalue weighted by Crippen LogP contribution is -2.64. The summed E-state index contributed by atoms with van der Waals surface area (Å²) in [7, 11) is 0. The van der Waals surface area contributed by atoms with E-state index in [2.05, 4.69) is 4.90 Å². The molecule has 0 aliphatic carbocycles. The molecule has 1 atom stereocenters. The topological polar surface area (TPSA) is 71.5 Å². The molecule has 3 fully saturated rings. The highest BCUT2D eigenvalue weighted by Crippen LogP contribution is 2.40. The molecule has 0 saturated carbocycles. The van der Waals surface area contributed by atoms with E-state index in [0.717, 1.165) is 37.9 Å². The molecule has 3 aliphatic heterocycles. The van der Waals surface area contributed by atoms with E-state index in [1.807, 2.05) is 20.8 Å². The zero-order valence-corrected chi connectivity index (χ0v) is 21.1. The van der Waals surface area contributed by atoms with Crippen molar-refractivity contribution in [1.82, 2.24) is 9.80 Å². The number of aliphatic hydroxyl groups is 1. The van der Waals surface area contributed by atoms with Gasteiger partial charge in [-0.15, -0.1) is 0 Å². The van der Waals surface area contributed by atoms with Crippen molar-refractivity contribution >= 4 is 6.09 Å². The van der Waals surface area contributed by atoms with Gasteiger partial charge in [-0.1, -0.05) is 0 Å². The molecule has 1 spiro atoms. The van der Waals surface area contributed by atoms with Crippen LogP contribution in [0.2, 0.25) is 0 Å². The first-order valence-corrected chi connectivity index (χ1v) is 12.3. The lowest BCUT2D eigenvalue weighted by atomic mass is 9.86. The van der Waals surface area contributed by atoms with Gasteiger partial charge < -0.3 is 24.2 Å². The number of piperidine rings is 1. The molecule has 0 radical (unpaired) electrons. The van der Waals surface area contributed by atoms with Crippen molar-refractivity contribution in [2.45, 2.75) is 82.6 Å². The number of hydrogen-bond donors (Lipinski definition) is 1. The number of carbonyl (C=O) groups excluding carboxylic acids is 1. The predicted molar refractivity (Wildman–Crippen MR) is 127 cm³/mol. The van der Waals surface area contributed by atoms with Crippen LogP contribution in [-0.2, 0) is 9.47 Å². The third-order valence-electron chi connectivity index (χ3n) is 6.84. The highest BCUT2D eigenvalue weighted by atomic mass is 19.1. The normalized spacial score (nSPS) is 23.7. The van der Waals surface area contributed by atoms with Gasteiger partial charge >= 0.3 is 6.09 Å². The zero-order valence-electron chi connectivity index (χ0n) is 21.1. The first-order valence-electron chi connectivity index (χ1n) is 12.3. The van der Waals surface area contributed by atoms with Gasteiger partial charge in [0.2, 0.25) is 0 Å². The van der Waals surface area contributed by atoms with E-state index in [9.17, 15) is 14.3 Å². The van der Waals surface area contributed by atoms with E-state index in [1.54, 1.807) is 30.9 Å². The van der Waals surface area contributed by atoms with Crippen LogP contribution >= 0.6 is 0 Å². The fraction of sp³-hybridized carbons (Fsp3) is 0.731. The third kappa shape index (κ3) is 6.01. The van der Waals surface area contributed by atoms with Crippen LogP contribution in [0.3, 0.4) is 0 Å². The molecule has 1 N–H and O–H groups in total. The number of amides is 1. The van der Waals surface area contributed by atoms with Crippen LogP contribution in [0.25, 0.3) is 0 Å². The molecule has 3 aliphatic rings. The fourth-order valence-corrected chi connectivity index (χ4v) is 5.18. The minimum Gasteiger partial charge on any atom is -0.490 e. The average molecular weight is 479 g/mol. The maximum atomic E-state index is 14.0. The first kappa shape index (κ1) is 25.2. The molecule has 4 rings (SSSR count). The van der Waals surface area contributed by atoms with Crippen molar-refractivity contribution in [2.24, 2.45) is 0 Å². The Balaban J connectivity index is 1.29. The molecule has 190 valence electrons. The molecule has 1 aromatic carbocycles. The molecule has 8 heteroatoms. The van der Waals surface area contributed by atoms with Gasteiger partial charge in [0.05, 0.1) is 25.3 Å². The van der Waals surface area contributed by atoms with Crippen molar-refractivity contribution in [1.29, 1.82) is 0 Å². The fourth-order valence-electron chi connectivity index (χ4n) is 5.18. The number of likely N-dealkylation sites (tertiary alicyclic amines) is 2. The minimum atomic E-state index is -0.950. The van der Waals surface area contributed by atoms with E-state index < -0.39 is 11.2 Å². The van der Waals surface area contributed by atoms with Crippen molar-refractivity contribution in [3.05, 3.63) is 29.6 Å². The van der Waals surface area contributed by atoms with Crippen molar-refractivity contribution in [3.63, 3.8) is 0 Å². The largest absolute Gasteiger partial charge is 0.490 e. The molecule has 0 unspecified atom stereocenters. The van der Waals surface area contributed by atoms with Crippen LogP contribution in [0.5, 0.6) is 5.75 Å². The monoisotopic (exact) mass is 478 g/mol.